The average molecular weight is 333 g/mol. The van der Waals surface area contributed by atoms with Crippen molar-refractivity contribution in [3.63, 3.8) is 0 Å². The molecule has 16 heavy (non-hydrogen) atoms. The van der Waals surface area contributed by atoms with E-state index in [0.29, 0.717) is 6.41 Å². The van der Waals surface area contributed by atoms with Gasteiger partial charge in [-0.25, -0.2) is 0 Å². The predicted octanol–water partition coefficient (Wildman–Crippen LogP) is 3.17. The molecule has 0 fully saturated rings. The van der Waals surface area contributed by atoms with E-state index >= 15 is 0 Å². The predicted molar refractivity (Wildman–Crippen MR) is 74.1 cm³/mol. The minimum absolute atomic E-state index is 0.0220. The first-order valence-electron chi connectivity index (χ1n) is 4.98. The number of methoxy groups -OCH3 is 1. The van der Waals surface area contributed by atoms with Crippen LogP contribution in [0.15, 0.2) is 12.1 Å². The monoisotopic (exact) mass is 333 g/mol. The zero-order valence-electron chi connectivity index (χ0n) is 9.93. The first-order valence-corrected chi connectivity index (χ1v) is 6.06. The van der Waals surface area contributed by atoms with Crippen LogP contribution < -0.4 is 10.1 Å². The number of hydrogen-bond acceptors (Lipinski definition) is 2. The lowest BCUT2D eigenvalue weighted by molar-refractivity contribution is -0.105. The fraction of sp³-hybridized carbons (Fsp3) is 0.417. The van der Waals surface area contributed by atoms with E-state index in [1.807, 2.05) is 12.1 Å². The molecule has 1 amide bonds. The van der Waals surface area contributed by atoms with E-state index in [4.69, 9.17) is 4.74 Å². The van der Waals surface area contributed by atoms with Crippen molar-refractivity contribution in [3.05, 3.63) is 21.3 Å². The Labute approximate surface area is 110 Å². The number of halogens is 1. The van der Waals surface area contributed by atoms with Gasteiger partial charge in [0.15, 0.2) is 0 Å². The normalized spacial score (nSPS) is 11.1. The minimum atomic E-state index is -0.0220. The molecule has 0 heterocycles. The molecule has 1 N–H and O–H groups in total. The number of carbonyl (C=O) groups is 1. The van der Waals surface area contributed by atoms with E-state index in [-0.39, 0.29) is 5.41 Å². The van der Waals surface area contributed by atoms with Crippen molar-refractivity contribution in [2.24, 2.45) is 0 Å². The van der Waals surface area contributed by atoms with Crippen LogP contribution in [-0.4, -0.2) is 13.5 Å². The van der Waals surface area contributed by atoms with E-state index in [1.165, 1.54) is 0 Å². The smallest absolute Gasteiger partial charge is 0.211 e. The van der Waals surface area contributed by atoms with Crippen molar-refractivity contribution in [3.8, 4) is 5.75 Å². The molecule has 0 aromatic heterocycles. The highest BCUT2D eigenvalue weighted by Crippen LogP contribution is 2.37. The van der Waals surface area contributed by atoms with Gasteiger partial charge in [0.2, 0.25) is 6.41 Å². The third-order valence-electron chi connectivity index (χ3n) is 2.28. The molecule has 0 aliphatic rings. The molecule has 4 heteroatoms. The molecule has 1 aromatic rings. The van der Waals surface area contributed by atoms with Gasteiger partial charge in [-0.15, -0.1) is 0 Å². The molecular formula is C12H16INO2. The zero-order chi connectivity index (χ0) is 12.3. The van der Waals surface area contributed by atoms with Gasteiger partial charge in [-0.2, -0.15) is 0 Å². The number of carbonyl (C=O) groups excluding carboxylic acids is 1. The Kier molecular flexibility index (Phi) is 4.18. The van der Waals surface area contributed by atoms with Gasteiger partial charge >= 0.3 is 0 Å². The Bertz CT molecular complexity index is 397. The van der Waals surface area contributed by atoms with Gasteiger partial charge in [0.25, 0.3) is 0 Å². The van der Waals surface area contributed by atoms with Crippen molar-refractivity contribution in [1.29, 1.82) is 0 Å². The summed E-state index contributed by atoms with van der Waals surface area (Å²) in [7, 11) is 1.67. The SMILES string of the molecule is COc1c(I)cc(NC=O)cc1C(C)(C)C. The van der Waals surface area contributed by atoms with Crippen LogP contribution in [0.1, 0.15) is 26.3 Å². The van der Waals surface area contributed by atoms with Crippen molar-refractivity contribution in [2.75, 3.05) is 12.4 Å². The number of hydrogen-bond donors (Lipinski definition) is 1. The maximum absolute atomic E-state index is 10.5. The lowest BCUT2D eigenvalue weighted by Gasteiger charge is -2.23. The van der Waals surface area contributed by atoms with E-state index in [9.17, 15) is 4.79 Å². The standard InChI is InChI=1S/C12H16INO2/c1-12(2,3)9-5-8(14-7-15)6-10(13)11(9)16-4/h5-7H,1-4H3,(H,14,15). The summed E-state index contributed by atoms with van der Waals surface area (Å²) < 4.78 is 6.41. The Hall–Kier alpha value is -0.780. The quantitative estimate of drug-likeness (QED) is 0.682. The second-order valence-corrected chi connectivity index (χ2v) is 5.71. The van der Waals surface area contributed by atoms with Gasteiger partial charge < -0.3 is 10.1 Å². The molecule has 1 rings (SSSR count). The largest absolute Gasteiger partial charge is 0.495 e. The Morgan fingerprint density at radius 3 is 2.44 bits per heavy atom. The molecular weight excluding hydrogens is 317 g/mol. The summed E-state index contributed by atoms with van der Waals surface area (Å²) in [5, 5.41) is 2.67. The number of amides is 1. The van der Waals surface area contributed by atoms with E-state index in [0.717, 1.165) is 20.6 Å². The average Bonchev–Trinajstić information content (AvgIpc) is 2.16. The molecule has 88 valence electrons. The van der Waals surface area contributed by atoms with Crippen LogP contribution >= 0.6 is 22.6 Å². The lowest BCUT2D eigenvalue weighted by Crippen LogP contribution is -2.14. The molecule has 0 radical (unpaired) electrons. The summed E-state index contributed by atoms with van der Waals surface area (Å²) in [6.45, 7) is 6.35. The summed E-state index contributed by atoms with van der Waals surface area (Å²) in [6, 6.07) is 3.85. The van der Waals surface area contributed by atoms with E-state index in [2.05, 4.69) is 48.7 Å². The molecule has 1 aromatic carbocycles. The fourth-order valence-electron chi connectivity index (χ4n) is 1.51. The Morgan fingerprint density at radius 1 is 1.38 bits per heavy atom. The van der Waals surface area contributed by atoms with Gasteiger partial charge in [0.05, 0.1) is 10.7 Å². The topological polar surface area (TPSA) is 38.3 Å². The third kappa shape index (κ3) is 2.87. The van der Waals surface area contributed by atoms with Crippen LogP contribution in [0.5, 0.6) is 5.75 Å². The van der Waals surface area contributed by atoms with Crippen LogP contribution in [0, 0.1) is 3.57 Å². The first kappa shape index (κ1) is 13.3. The van der Waals surface area contributed by atoms with E-state index < -0.39 is 0 Å². The zero-order valence-corrected chi connectivity index (χ0v) is 12.1. The number of anilines is 1. The molecule has 0 saturated carbocycles. The lowest BCUT2D eigenvalue weighted by atomic mass is 9.86. The van der Waals surface area contributed by atoms with Crippen LogP contribution in [0.2, 0.25) is 0 Å². The molecule has 0 aliphatic carbocycles. The van der Waals surface area contributed by atoms with Crippen molar-refractivity contribution in [2.45, 2.75) is 26.2 Å². The summed E-state index contributed by atoms with van der Waals surface area (Å²) in [4.78, 5) is 10.5. The number of rotatable bonds is 3. The van der Waals surface area contributed by atoms with E-state index in [1.54, 1.807) is 7.11 Å². The molecule has 0 bridgehead atoms. The highest BCUT2D eigenvalue weighted by Gasteiger charge is 2.21. The van der Waals surface area contributed by atoms with Gasteiger partial charge in [-0.3, -0.25) is 4.79 Å². The second kappa shape index (κ2) is 5.03. The van der Waals surface area contributed by atoms with Crippen LogP contribution in [0.3, 0.4) is 0 Å². The highest BCUT2D eigenvalue weighted by molar-refractivity contribution is 14.1. The molecule has 0 unspecified atom stereocenters. The van der Waals surface area contributed by atoms with Gasteiger partial charge in [-0.05, 0) is 40.1 Å². The number of benzene rings is 1. The highest BCUT2D eigenvalue weighted by atomic mass is 127. The summed E-state index contributed by atoms with van der Waals surface area (Å²) in [5.74, 6) is 0.879. The summed E-state index contributed by atoms with van der Waals surface area (Å²) >= 11 is 2.21. The Morgan fingerprint density at radius 2 is 2.00 bits per heavy atom. The molecule has 0 spiro atoms. The van der Waals surface area contributed by atoms with Crippen LogP contribution in [0.25, 0.3) is 0 Å². The maximum Gasteiger partial charge on any atom is 0.211 e. The van der Waals surface area contributed by atoms with Gasteiger partial charge in [0.1, 0.15) is 5.75 Å². The molecule has 0 saturated heterocycles. The van der Waals surface area contributed by atoms with Crippen molar-refractivity contribution >= 4 is 34.7 Å². The number of nitrogens with one attached hydrogen (secondary N) is 1. The molecule has 0 aliphatic heterocycles. The molecule has 0 atom stereocenters. The van der Waals surface area contributed by atoms with Crippen LogP contribution in [0.4, 0.5) is 5.69 Å². The summed E-state index contributed by atoms with van der Waals surface area (Å²) in [5.41, 5.74) is 1.86. The molecule has 3 nitrogen and oxygen atoms in total. The number of ether oxygens (including phenoxy) is 1. The van der Waals surface area contributed by atoms with Gasteiger partial charge in [0, 0.05) is 11.3 Å². The third-order valence-corrected chi connectivity index (χ3v) is 3.08. The summed E-state index contributed by atoms with van der Waals surface area (Å²) in [6.07, 6.45) is 0.685. The van der Waals surface area contributed by atoms with Crippen molar-refractivity contribution < 1.29 is 9.53 Å². The van der Waals surface area contributed by atoms with Crippen LogP contribution in [-0.2, 0) is 10.2 Å². The van der Waals surface area contributed by atoms with Gasteiger partial charge in [-0.1, -0.05) is 20.8 Å². The first-order chi connectivity index (χ1) is 7.40. The fourth-order valence-corrected chi connectivity index (χ4v) is 2.36. The minimum Gasteiger partial charge on any atom is -0.495 e. The second-order valence-electron chi connectivity index (χ2n) is 4.55. The van der Waals surface area contributed by atoms with Crippen molar-refractivity contribution in [1.82, 2.24) is 0 Å². The maximum atomic E-state index is 10.5. The Balaban J connectivity index is 3.36.